The fourth-order valence-corrected chi connectivity index (χ4v) is 1.90. The van der Waals surface area contributed by atoms with E-state index in [1.54, 1.807) is 4.90 Å². The molecular weight excluding hydrogens is 268 g/mol. The number of nitrogens with zero attached hydrogens (tertiary/aromatic N) is 2. The van der Waals surface area contributed by atoms with Crippen LogP contribution in [0.25, 0.3) is 0 Å². The summed E-state index contributed by atoms with van der Waals surface area (Å²) in [6.07, 6.45) is -0.583. The molecule has 0 bridgehead atoms. The Hall–Kier alpha value is -0.950. The first-order valence-corrected chi connectivity index (χ1v) is 6.91. The largest absolute Gasteiger partial charge is 0.444 e. The van der Waals surface area contributed by atoms with E-state index >= 15 is 0 Å². The Morgan fingerprint density at radius 1 is 1.20 bits per heavy atom. The number of hydrogen-bond donors (Lipinski definition) is 1. The smallest absolute Gasteiger partial charge is 0.410 e. The van der Waals surface area contributed by atoms with E-state index in [0.29, 0.717) is 32.7 Å². The standard InChI is InChI=1S/C13H25F2N3O2/c1-12(2,3)20-11(19)18-8-6-17(7-9-18)5-4-13(14,15)10-16/h4-10,16H2,1-3H3. The number of halogens is 2. The van der Waals surface area contributed by atoms with Crippen molar-refractivity contribution in [2.75, 3.05) is 39.3 Å². The minimum Gasteiger partial charge on any atom is -0.444 e. The number of carbonyl (C=O) groups excluding carboxylic acids is 1. The van der Waals surface area contributed by atoms with Crippen molar-refractivity contribution in [1.82, 2.24) is 9.80 Å². The molecule has 1 amide bonds. The summed E-state index contributed by atoms with van der Waals surface area (Å²) in [5.74, 6) is -2.80. The van der Waals surface area contributed by atoms with E-state index in [1.807, 2.05) is 25.7 Å². The summed E-state index contributed by atoms with van der Waals surface area (Å²) < 4.78 is 31.4. The van der Waals surface area contributed by atoms with Gasteiger partial charge >= 0.3 is 6.09 Å². The maximum atomic E-state index is 13.1. The molecule has 0 aliphatic carbocycles. The molecule has 118 valence electrons. The van der Waals surface area contributed by atoms with Crippen LogP contribution in [0, 0.1) is 0 Å². The molecule has 20 heavy (non-hydrogen) atoms. The van der Waals surface area contributed by atoms with Crippen molar-refractivity contribution >= 4 is 6.09 Å². The Morgan fingerprint density at radius 2 is 1.75 bits per heavy atom. The van der Waals surface area contributed by atoms with E-state index in [2.05, 4.69) is 0 Å². The van der Waals surface area contributed by atoms with Gasteiger partial charge in [0.05, 0.1) is 6.54 Å². The maximum absolute atomic E-state index is 13.1. The lowest BCUT2D eigenvalue weighted by Crippen LogP contribution is -2.50. The summed E-state index contributed by atoms with van der Waals surface area (Å²) in [7, 11) is 0. The quantitative estimate of drug-likeness (QED) is 0.854. The van der Waals surface area contributed by atoms with Crippen LogP contribution in [0.1, 0.15) is 27.2 Å². The summed E-state index contributed by atoms with van der Waals surface area (Å²) in [6.45, 7) is 7.30. The maximum Gasteiger partial charge on any atom is 0.410 e. The lowest BCUT2D eigenvalue weighted by molar-refractivity contribution is -0.0147. The second-order valence-corrected chi connectivity index (χ2v) is 6.12. The van der Waals surface area contributed by atoms with Crippen LogP contribution in [0.2, 0.25) is 0 Å². The van der Waals surface area contributed by atoms with Crippen LogP contribution in [0.3, 0.4) is 0 Å². The SMILES string of the molecule is CC(C)(C)OC(=O)N1CCN(CCC(F)(F)CN)CC1. The molecule has 1 fully saturated rings. The van der Waals surface area contributed by atoms with Crippen molar-refractivity contribution in [3.63, 3.8) is 0 Å². The predicted octanol–water partition coefficient (Wildman–Crippen LogP) is 1.52. The fraction of sp³-hybridized carbons (Fsp3) is 0.923. The van der Waals surface area contributed by atoms with Crippen molar-refractivity contribution in [3.05, 3.63) is 0 Å². The number of hydrogen-bond acceptors (Lipinski definition) is 4. The molecule has 0 aromatic heterocycles. The summed E-state index contributed by atoms with van der Waals surface area (Å²) in [5, 5.41) is 0. The van der Waals surface area contributed by atoms with E-state index in [-0.39, 0.29) is 12.5 Å². The molecule has 1 aliphatic heterocycles. The van der Waals surface area contributed by atoms with Crippen molar-refractivity contribution < 1.29 is 18.3 Å². The van der Waals surface area contributed by atoms with Gasteiger partial charge in [-0.05, 0) is 20.8 Å². The van der Waals surface area contributed by atoms with Gasteiger partial charge in [-0.1, -0.05) is 0 Å². The molecule has 1 aliphatic rings. The number of piperazine rings is 1. The molecule has 1 saturated heterocycles. The zero-order valence-corrected chi connectivity index (χ0v) is 12.5. The lowest BCUT2D eigenvalue weighted by atomic mass is 10.2. The van der Waals surface area contributed by atoms with Gasteiger partial charge in [0.15, 0.2) is 0 Å². The van der Waals surface area contributed by atoms with Crippen molar-refractivity contribution in [3.8, 4) is 0 Å². The van der Waals surface area contributed by atoms with Gasteiger partial charge in [0, 0.05) is 39.1 Å². The molecule has 1 rings (SSSR count). The zero-order valence-electron chi connectivity index (χ0n) is 12.5. The van der Waals surface area contributed by atoms with E-state index in [0.717, 1.165) is 0 Å². The van der Waals surface area contributed by atoms with E-state index in [9.17, 15) is 13.6 Å². The minimum absolute atomic E-state index is 0.240. The first-order chi connectivity index (χ1) is 9.13. The average molecular weight is 293 g/mol. The average Bonchev–Trinajstić information content (AvgIpc) is 2.35. The van der Waals surface area contributed by atoms with Crippen LogP contribution in [0.4, 0.5) is 13.6 Å². The number of alkyl halides is 2. The van der Waals surface area contributed by atoms with Crippen LogP contribution in [0.15, 0.2) is 0 Å². The molecule has 2 N–H and O–H groups in total. The van der Waals surface area contributed by atoms with E-state index < -0.39 is 18.1 Å². The second kappa shape index (κ2) is 6.67. The Balaban J connectivity index is 2.31. The predicted molar refractivity (Wildman–Crippen MR) is 72.9 cm³/mol. The number of ether oxygens (including phenoxy) is 1. The third kappa shape index (κ3) is 6.00. The van der Waals surface area contributed by atoms with Gasteiger partial charge in [0.2, 0.25) is 0 Å². The van der Waals surface area contributed by atoms with E-state index in [1.165, 1.54) is 0 Å². The van der Waals surface area contributed by atoms with Gasteiger partial charge in [-0.3, -0.25) is 4.90 Å². The zero-order chi connectivity index (χ0) is 15.4. The molecule has 0 aromatic rings. The topological polar surface area (TPSA) is 58.8 Å². The molecule has 1 heterocycles. The van der Waals surface area contributed by atoms with E-state index in [4.69, 9.17) is 10.5 Å². The van der Waals surface area contributed by atoms with Crippen LogP contribution in [-0.4, -0.2) is 66.7 Å². The summed E-state index contributed by atoms with van der Waals surface area (Å²) in [4.78, 5) is 15.4. The van der Waals surface area contributed by atoms with Crippen molar-refractivity contribution in [2.24, 2.45) is 5.73 Å². The van der Waals surface area contributed by atoms with Gasteiger partial charge in [0.25, 0.3) is 5.92 Å². The second-order valence-electron chi connectivity index (χ2n) is 6.12. The monoisotopic (exact) mass is 293 g/mol. The molecule has 0 unspecified atom stereocenters. The molecule has 0 radical (unpaired) electrons. The van der Waals surface area contributed by atoms with Crippen LogP contribution in [-0.2, 0) is 4.74 Å². The normalized spacial score (nSPS) is 18.2. The highest BCUT2D eigenvalue weighted by molar-refractivity contribution is 5.68. The molecule has 0 spiro atoms. The minimum atomic E-state index is -2.80. The molecular formula is C13H25F2N3O2. The summed E-state index contributed by atoms with van der Waals surface area (Å²) >= 11 is 0. The number of nitrogens with two attached hydrogens (primary N) is 1. The van der Waals surface area contributed by atoms with Gasteiger partial charge in [0.1, 0.15) is 5.60 Å². The van der Waals surface area contributed by atoms with Crippen LogP contribution < -0.4 is 5.73 Å². The molecule has 0 aromatic carbocycles. The Bertz CT molecular complexity index is 324. The Kier molecular flexibility index (Phi) is 5.70. The van der Waals surface area contributed by atoms with Crippen molar-refractivity contribution in [2.45, 2.75) is 38.7 Å². The Labute approximate surface area is 119 Å². The molecule has 7 heteroatoms. The van der Waals surface area contributed by atoms with Gasteiger partial charge in [-0.15, -0.1) is 0 Å². The van der Waals surface area contributed by atoms with Gasteiger partial charge in [-0.2, -0.15) is 0 Å². The van der Waals surface area contributed by atoms with Crippen molar-refractivity contribution in [1.29, 1.82) is 0 Å². The highest BCUT2D eigenvalue weighted by Gasteiger charge is 2.29. The summed E-state index contributed by atoms with van der Waals surface area (Å²) in [5.41, 5.74) is 4.49. The van der Waals surface area contributed by atoms with Gasteiger partial charge < -0.3 is 15.4 Å². The fourth-order valence-electron chi connectivity index (χ4n) is 1.90. The highest BCUT2D eigenvalue weighted by Crippen LogP contribution is 2.18. The van der Waals surface area contributed by atoms with Gasteiger partial charge in [-0.25, -0.2) is 13.6 Å². The molecule has 0 atom stereocenters. The number of rotatable bonds is 4. The third-order valence-corrected chi connectivity index (χ3v) is 3.12. The Morgan fingerprint density at radius 3 is 2.20 bits per heavy atom. The first-order valence-electron chi connectivity index (χ1n) is 6.91. The highest BCUT2D eigenvalue weighted by atomic mass is 19.3. The van der Waals surface area contributed by atoms with Crippen LogP contribution in [0.5, 0.6) is 0 Å². The summed E-state index contributed by atoms with van der Waals surface area (Å²) in [6, 6.07) is 0. The lowest BCUT2D eigenvalue weighted by Gasteiger charge is -2.36. The van der Waals surface area contributed by atoms with Crippen LogP contribution >= 0.6 is 0 Å². The number of carbonyl (C=O) groups is 1. The first kappa shape index (κ1) is 17.1. The number of amides is 1. The molecule has 0 saturated carbocycles. The molecule has 5 nitrogen and oxygen atoms in total. The third-order valence-electron chi connectivity index (χ3n) is 3.12.